The SMILES string of the molecule is CC[C@H](O)c1cc(C)c(-c2cc3cnc(NC(=O)C4COC4)cc3cn2)cn1. The van der Waals surface area contributed by atoms with Gasteiger partial charge in [-0.3, -0.25) is 14.8 Å². The van der Waals surface area contributed by atoms with Gasteiger partial charge >= 0.3 is 0 Å². The number of hydrogen-bond donors (Lipinski definition) is 2. The van der Waals surface area contributed by atoms with Gasteiger partial charge in [0.05, 0.1) is 36.6 Å². The first-order valence-electron chi connectivity index (χ1n) is 9.34. The van der Waals surface area contributed by atoms with E-state index in [-0.39, 0.29) is 11.8 Å². The van der Waals surface area contributed by atoms with Crippen molar-refractivity contribution in [1.82, 2.24) is 15.0 Å². The van der Waals surface area contributed by atoms with Crippen molar-refractivity contribution < 1.29 is 14.6 Å². The van der Waals surface area contributed by atoms with E-state index in [1.54, 1.807) is 18.6 Å². The van der Waals surface area contributed by atoms with Crippen LogP contribution in [0.15, 0.2) is 36.8 Å². The van der Waals surface area contributed by atoms with Crippen molar-refractivity contribution in [1.29, 1.82) is 0 Å². The lowest BCUT2D eigenvalue weighted by molar-refractivity contribution is -0.133. The minimum Gasteiger partial charge on any atom is -0.387 e. The van der Waals surface area contributed by atoms with Crippen LogP contribution in [0.4, 0.5) is 5.82 Å². The molecule has 0 bridgehead atoms. The molecule has 1 aliphatic rings. The van der Waals surface area contributed by atoms with Gasteiger partial charge in [0.1, 0.15) is 5.82 Å². The summed E-state index contributed by atoms with van der Waals surface area (Å²) in [5.74, 6) is 0.344. The van der Waals surface area contributed by atoms with Crippen molar-refractivity contribution in [2.45, 2.75) is 26.4 Å². The number of fused-ring (bicyclic) bond motifs is 1. The van der Waals surface area contributed by atoms with Gasteiger partial charge in [0.2, 0.25) is 5.91 Å². The Hall–Kier alpha value is -2.90. The molecule has 0 spiro atoms. The number of carbonyl (C=O) groups is 1. The van der Waals surface area contributed by atoms with Gasteiger partial charge in [0, 0.05) is 34.9 Å². The highest BCUT2D eigenvalue weighted by Gasteiger charge is 2.26. The van der Waals surface area contributed by atoms with E-state index >= 15 is 0 Å². The fourth-order valence-corrected chi connectivity index (χ4v) is 3.11. The third kappa shape index (κ3) is 3.58. The van der Waals surface area contributed by atoms with Crippen molar-refractivity contribution in [3.05, 3.63) is 48.0 Å². The number of carbonyl (C=O) groups excluding carboxylic acids is 1. The van der Waals surface area contributed by atoms with Gasteiger partial charge in [0.15, 0.2) is 0 Å². The summed E-state index contributed by atoms with van der Waals surface area (Å²) in [5.41, 5.74) is 3.38. The molecule has 1 amide bonds. The first-order valence-corrected chi connectivity index (χ1v) is 9.34. The molecule has 4 rings (SSSR count). The Labute approximate surface area is 162 Å². The summed E-state index contributed by atoms with van der Waals surface area (Å²) in [7, 11) is 0. The van der Waals surface area contributed by atoms with Gasteiger partial charge in [0.25, 0.3) is 0 Å². The molecule has 1 atom stereocenters. The average Bonchev–Trinajstić information content (AvgIpc) is 2.65. The van der Waals surface area contributed by atoms with E-state index in [1.165, 1.54) is 0 Å². The molecule has 0 unspecified atom stereocenters. The number of ether oxygens (including phenoxy) is 1. The zero-order chi connectivity index (χ0) is 19.7. The number of anilines is 1. The molecule has 144 valence electrons. The van der Waals surface area contributed by atoms with Crippen LogP contribution < -0.4 is 5.32 Å². The van der Waals surface area contributed by atoms with E-state index in [0.717, 1.165) is 27.6 Å². The Morgan fingerprint density at radius 1 is 1.18 bits per heavy atom. The summed E-state index contributed by atoms with van der Waals surface area (Å²) < 4.78 is 5.05. The molecular weight excluding hydrogens is 356 g/mol. The molecule has 1 fully saturated rings. The molecule has 28 heavy (non-hydrogen) atoms. The molecule has 1 aliphatic heterocycles. The summed E-state index contributed by atoms with van der Waals surface area (Å²) in [5, 5.41) is 14.6. The predicted molar refractivity (Wildman–Crippen MR) is 106 cm³/mol. The maximum atomic E-state index is 12.0. The Morgan fingerprint density at radius 3 is 2.61 bits per heavy atom. The van der Waals surface area contributed by atoms with Gasteiger partial charge in [-0.1, -0.05) is 6.92 Å². The Morgan fingerprint density at radius 2 is 1.93 bits per heavy atom. The molecule has 1 saturated heterocycles. The molecular formula is C21H22N4O3. The third-order valence-corrected chi connectivity index (χ3v) is 5.00. The summed E-state index contributed by atoms with van der Waals surface area (Å²) in [6, 6.07) is 5.67. The van der Waals surface area contributed by atoms with Crippen molar-refractivity contribution in [2.75, 3.05) is 18.5 Å². The largest absolute Gasteiger partial charge is 0.387 e. The molecule has 0 radical (unpaired) electrons. The number of aromatic nitrogens is 3. The van der Waals surface area contributed by atoms with E-state index in [2.05, 4.69) is 20.3 Å². The summed E-state index contributed by atoms with van der Waals surface area (Å²) in [4.78, 5) is 25.3. The fraction of sp³-hybridized carbons (Fsp3) is 0.333. The minimum atomic E-state index is -0.554. The van der Waals surface area contributed by atoms with Crippen LogP contribution in [-0.4, -0.2) is 39.2 Å². The molecule has 3 aromatic heterocycles. The van der Waals surface area contributed by atoms with Crippen LogP contribution in [0.1, 0.15) is 30.7 Å². The molecule has 2 N–H and O–H groups in total. The number of aryl methyl sites for hydroxylation is 1. The lowest BCUT2D eigenvalue weighted by Gasteiger charge is -2.24. The topological polar surface area (TPSA) is 97.2 Å². The van der Waals surface area contributed by atoms with Gasteiger partial charge in [-0.05, 0) is 37.1 Å². The van der Waals surface area contributed by atoms with Crippen molar-refractivity contribution in [2.24, 2.45) is 5.92 Å². The van der Waals surface area contributed by atoms with Crippen molar-refractivity contribution >= 4 is 22.5 Å². The lowest BCUT2D eigenvalue weighted by Crippen LogP contribution is -2.38. The van der Waals surface area contributed by atoms with Gasteiger partial charge in [-0.2, -0.15) is 0 Å². The number of nitrogens with zero attached hydrogens (tertiary/aromatic N) is 3. The number of hydrogen-bond acceptors (Lipinski definition) is 6. The maximum absolute atomic E-state index is 12.0. The second-order valence-corrected chi connectivity index (χ2v) is 7.06. The maximum Gasteiger partial charge on any atom is 0.233 e. The smallest absolute Gasteiger partial charge is 0.233 e. The quantitative estimate of drug-likeness (QED) is 0.708. The highest BCUT2D eigenvalue weighted by Crippen LogP contribution is 2.27. The Kier molecular flexibility index (Phi) is 5.02. The molecule has 0 saturated carbocycles. The van der Waals surface area contributed by atoms with Gasteiger partial charge in [-0.15, -0.1) is 0 Å². The zero-order valence-electron chi connectivity index (χ0n) is 15.8. The summed E-state index contributed by atoms with van der Waals surface area (Å²) in [6.07, 6.45) is 5.31. The minimum absolute atomic E-state index is 0.0706. The van der Waals surface area contributed by atoms with E-state index in [4.69, 9.17) is 4.74 Å². The van der Waals surface area contributed by atoms with Gasteiger partial charge < -0.3 is 15.2 Å². The highest BCUT2D eigenvalue weighted by molar-refractivity contribution is 5.95. The predicted octanol–water partition coefficient (Wildman–Crippen LogP) is 3.03. The Bertz CT molecular complexity index is 1030. The van der Waals surface area contributed by atoms with E-state index < -0.39 is 6.10 Å². The second kappa shape index (κ2) is 7.61. The number of nitrogens with one attached hydrogen (secondary N) is 1. The monoisotopic (exact) mass is 378 g/mol. The van der Waals surface area contributed by atoms with Crippen LogP contribution in [0.2, 0.25) is 0 Å². The van der Waals surface area contributed by atoms with Crippen molar-refractivity contribution in [3.8, 4) is 11.3 Å². The van der Waals surface area contributed by atoms with Crippen molar-refractivity contribution in [3.63, 3.8) is 0 Å². The summed E-state index contributed by atoms with van der Waals surface area (Å²) >= 11 is 0. The normalized spacial score (nSPS) is 15.2. The van der Waals surface area contributed by atoms with Crippen LogP contribution >= 0.6 is 0 Å². The number of amides is 1. The number of pyridine rings is 3. The first-order chi connectivity index (χ1) is 13.5. The molecule has 7 nitrogen and oxygen atoms in total. The number of rotatable bonds is 5. The lowest BCUT2D eigenvalue weighted by atomic mass is 10.0. The van der Waals surface area contributed by atoms with Crippen LogP contribution in [0, 0.1) is 12.8 Å². The third-order valence-electron chi connectivity index (χ3n) is 5.00. The van der Waals surface area contributed by atoms with Crippen LogP contribution in [0.3, 0.4) is 0 Å². The van der Waals surface area contributed by atoms with Crippen LogP contribution in [0.5, 0.6) is 0 Å². The van der Waals surface area contributed by atoms with E-state index in [9.17, 15) is 9.90 Å². The Balaban J connectivity index is 1.59. The van der Waals surface area contributed by atoms with Crippen LogP contribution in [0.25, 0.3) is 22.0 Å². The van der Waals surface area contributed by atoms with E-state index in [0.29, 0.717) is 31.1 Å². The molecule has 4 heterocycles. The molecule has 7 heteroatoms. The van der Waals surface area contributed by atoms with Crippen LogP contribution in [-0.2, 0) is 9.53 Å². The standard InChI is InChI=1S/C21H22N4O3/c1-3-19(26)18-4-12(2)16(9-23-18)17-5-13-8-24-20(6-14(13)7-22-17)25-21(27)15-10-28-11-15/h4-9,15,19,26H,3,10-11H2,1-2H3,(H,24,25,27)/t19-/m0/s1. The average molecular weight is 378 g/mol. The van der Waals surface area contributed by atoms with E-state index in [1.807, 2.05) is 32.0 Å². The fourth-order valence-electron chi connectivity index (χ4n) is 3.11. The highest BCUT2D eigenvalue weighted by atomic mass is 16.5. The second-order valence-electron chi connectivity index (χ2n) is 7.06. The molecule has 0 aromatic carbocycles. The van der Waals surface area contributed by atoms with Gasteiger partial charge in [-0.25, -0.2) is 4.98 Å². The first kappa shape index (κ1) is 18.5. The number of aliphatic hydroxyl groups excluding tert-OH is 1. The molecule has 0 aliphatic carbocycles. The zero-order valence-corrected chi connectivity index (χ0v) is 15.8. The number of aliphatic hydroxyl groups is 1. The molecule has 3 aromatic rings. The summed E-state index contributed by atoms with van der Waals surface area (Å²) in [6.45, 7) is 4.83.